The van der Waals surface area contributed by atoms with Crippen molar-refractivity contribution in [1.29, 1.82) is 0 Å². The van der Waals surface area contributed by atoms with Gasteiger partial charge in [-0.25, -0.2) is 0 Å². The highest BCUT2D eigenvalue weighted by Crippen LogP contribution is 2.14. The maximum Gasteiger partial charge on any atom is 0.00671 e. The molecule has 1 aliphatic heterocycles. The third-order valence-corrected chi connectivity index (χ3v) is 3.62. The van der Waals surface area contributed by atoms with Crippen molar-refractivity contribution in [3.8, 4) is 0 Å². The van der Waals surface area contributed by atoms with E-state index in [2.05, 4.69) is 37.9 Å². The van der Waals surface area contributed by atoms with Gasteiger partial charge in [-0.2, -0.15) is 0 Å². The lowest BCUT2D eigenvalue weighted by Crippen LogP contribution is -2.43. The average molecular weight is 226 g/mol. The highest BCUT2D eigenvalue weighted by Gasteiger charge is 2.18. The summed E-state index contributed by atoms with van der Waals surface area (Å²) in [6, 6.07) is 0.767. The minimum atomic E-state index is 0.767. The van der Waals surface area contributed by atoms with Crippen LogP contribution in [0.2, 0.25) is 0 Å². The number of hydrogen-bond acceptors (Lipinski definition) is 2. The summed E-state index contributed by atoms with van der Waals surface area (Å²) in [4.78, 5) is 2.70. The summed E-state index contributed by atoms with van der Waals surface area (Å²) in [6.45, 7) is 14.3. The van der Waals surface area contributed by atoms with Crippen LogP contribution in [0.1, 0.15) is 47.0 Å². The van der Waals surface area contributed by atoms with Gasteiger partial charge in [-0.1, -0.05) is 20.8 Å². The van der Waals surface area contributed by atoms with Gasteiger partial charge in [0, 0.05) is 12.6 Å². The molecule has 1 rings (SSSR count). The number of nitrogens with zero attached hydrogens (tertiary/aromatic N) is 1. The molecule has 2 unspecified atom stereocenters. The molecule has 0 aromatic heterocycles. The zero-order valence-electron chi connectivity index (χ0n) is 11.6. The zero-order valence-corrected chi connectivity index (χ0v) is 11.6. The first-order valence-corrected chi connectivity index (χ1v) is 7.04. The molecule has 1 fully saturated rings. The van der Waals surface area contributed by atoms with Crippen LogP contribution in [-0.2, 0) is 0 Å². The van der Waals surface area contributed by atoms with Gasteiger partial charge in [0.15, 0.2) is 0 Å². The van der Waals surface area contributed by atoms with Crippen LogP contribution in [0, 0.1) is 11.8 Å². The lowest BCUT2D eigenvalue weighted by Gasteiger charge is -2.34. The minimum absolute atomic E-state index is 0.767. The Morgan fingerprint density at radius 1 is 1.25 bits per heavy atom. The third kappa shape index (κ3) is 5.31. The van der Waals surface area contributed by atoms with E-state index in [-0.39, 0.29) is 0 Å². The Kier molecular flexibility index (Phi) is 6.37. The Balaban J connectivity index is 2.35. The molecule has 1 aliphatic rings. The fourth-order valence-electron chi connectivity index (χ4n) is 2.47. The summed E-state index contributed by atoms with van der Waals surface area (Å²) in [7, 11) is 0. The van der Waals surface area contributed by atoms with Crippen LogP contribution in [0.4, 0.5) is 0 Å². The van der Waals surface area contributed by atoms with Crippen LogP contribution < -0.4 is 5.32 Å². The van der Waals surface area contributed by atoms with E-state index in [4.69, 9.17) is 0 Å². The Morgan fingerprint density at radius 3 is 2.69 bits per heavy atom. The highest BCUT2D eigenvalue weighted by atomic mass is 15.2. The molecule has 0 aromatic rings. The quantitative estimate of drug-likeness (QED) is 0.793. The maximum absolute atomic E-state index is 3.52. The van der Waals surface area contributed by atoms with Crippen molar-refractivity contribution in [2.45, 2.75) is 53.0 Å². The van der Waals surface area contributed by atoms with Crippen molar-refractivity contribution in [3.05, 3.63) is 0 Å². The van der Waals surface area contributed by atoms with Gasteiger partial charge in [-0.05, 0) is 57.7 Å². The zero-order chi connectivity index (χ0) is 12.0. The Bertz CT molecular complexity index is 180. The van der Waals surface area contributed by atoms with E-state index in [9.17, 15) is 0 Å². The Morgan fingerprint density at radius 2 is 2.00 bits per heavy atom. The van der Waals surface area contributed by atoms with Crippen molar-refractivity contribution in [3.63, 3.8) is 0 Å². The predicted octanol–water partition coefficient (Wildman–Crippen LogP) is 2.74. The smallest absolute Gasteiger partial charge is 0.00671 e. The second-order valence-electron chi connectivity index (χ2n) is 5.98. The van der Waals surface area contributed by atoms with Crippen LogP contribution in [0.25, 0.3) is 0 Å². The van der Waals surface area contributed by atoms with Gasteiger partial charge in [0.25, 0.3) is 0 Å². The molecule has 1 saturated heterocycles. The summed E-state index contributed by atoms with van der Waals surface area (Å²) in [6.07, 6.45) is 4.03. The van der Waals surface area contributed by atoms with E-state index in [1.54, 1.807) is 0 Å². The molecule has 0 saturated carbocycles. The van der Waals surface area contributed by atoms with E-state index >= 15 is 0 Å². The molecule has 0 aliphatic carbocycles. The average Bonchev–Trinajstić information content (AvgIpc) is 2.19. The number of rotatable bonds is 4. The first-order valence-electron chi connectivity index (χ1n) is 7.04. The number of hydrogen-bond donors (Lipinski definition) is 1. The molecule has 1 N–H and O–H groups in total. The maximum atomic E-state index is 3.52. The summed E-state index contributed by atoms with van der Waals surface area (Å²) >= 11 is 0. The molecule has 2 atom stereocenters. The van der Waals surface area contributed by atoms with E-state index in [1.165, 1.54) is 45.4 Å². The molecular formula is C14H30N2. The SMILES string of the molecule is CC(C)CCC(C)N1CCCNCC(C)C1. The van der Waals surface area contributed by atoms with Gasteiger partial charge in [0.2, 0.25) is 0 Å². The molecule has 1 heterocycles. The fraction of sp³-hybridized carbons (Fsp3) is 1.00. The summed E-state index contributed by atoms with van der Waals surface area (Å²) < 4.78 is 0. The lowest BCUT2D eigenvalue weighted by molar-refractivity contribution is 0.155. The van der Waals surface area contributed by atoms with Gasteiger partial charge in [0.05, 0.1) is 0 Å². The summed E-state index contributed by atoms with van der Waals surface area (Å²) in [5.41, 5.74) is 0. The van der Waals surface area contributed by atoms with Gasteiger partial charge in [-0.3, -0.25) is 0 Å². The van der Waals surface area contributed by atoms with Gasteiger partial charge in [0.1, 0.15) is 0 Å². The second kappa shape index (κ2) is 7.29. The standard InChI is InChI=1S/C14H30N2/c1-12(2)6-7-14(4)16-9-5-8-15-10-13(3)11-16/h12-15H,5-11H2,1-4H3. The lowest BCUT2D eigenvalue weighted by atomic mass is 10.0. The first kappa shape index (κ1) is 14.0. The van der Waals surface area contributed by atoms with Crippen LogP contribution in [0.3, 0.4) is 0 Å². The van der Waals surface area contributed by atoms with E-state index in [0.29, 0.717) is 0 Å². The molecule has 2 nitrogen and oxygen atoms in total. The third-order valence-electron chi connectivity index (χ3n) is 3.62. The van der Waals surface area contributed by atoms with Gasteiger partial charge >= 0.3 is 0 Å². The molecule has 0 amide bonds. The largest absolute Gasteiger partial charge is 0.316 e. The van der Waals surface area contributed by atoms with Crippen LogP contribution in [0.5, 0.6) is 0 Å². The van der Waals surface area contributed by atoms with E-state index in [0.717, 1.165) is 17.9 Å². The van der Waals surface area contributed by atoms with E-state index in [1.807, 2.05) is 0 Å². The first-order chi connectivity index (χ1) is 7.59. The van der Waals surface area contributed by atoms with Crippen LogP contribution in [0.15, 0.2) is 0 Å². The molecular weight excluding hydrogens is 196 g/mol. The van der Waals surface area contributed by atoms with Crippen LogP contribution in [-0.4, -0.2) is 37.1 Å². The molecule has 16 heavy (non-hydrogen) atoms. The Hall–Kier alpha value is -0.0800. The van der Waals surface area contributed by atoms with Crippen molar-refractivity contribution >= 4 is 0 Å². The molecule has 2 heteroatoms. The molecule has 0 bridgehead atoms. The summed E-state index contributed by atoms with van der Waals surface area (Å²) in [5, 5.41) is 3.52. The monoisotopic (exact) mass is 226 g/mol. The summed E-state index contributed by atoms with van der Waals surface area (Å²) in [5.74, 6) is 1.64. The second-order valence-corrected chi connectivity index (χ2v) is 5.98. The Labute approximate surface area is 102 Å². The molecule has 0 radical (unpaired) electrons. The molecule has 96 valence electrons. The predicted molar refractivity (Wildman–Crippen MR) is 71.8 cm³/mol. The van der Waals surface area contributed by atoms with Gasteiger partial charge in [-0.15, -0.1) is 0 Å². The highest BCUT2D eigenvalue weighted by molar-refractivity contribution is 4.74. The van der Waals surface area contributed by atoms with Crippen LogP contribution >= 0.6 is 0 Å². The van der Waals surface area contributed by atoms with E-state index < -0.39 is 0 Å². The molecule has 0 aromatic carbocycles. The normalized spacial score (nSPS) is 26.4. The van der Waals surface area contributed by atoms with Crippen molar-refractivity contribution in [2.24, 2.45) is 11.8 Å². The fourth-order valence-corrected chi connectivity index (χ4v) is 2.47. The van der Waals surface area contributed by atoms with Crippen molar-refractivity contribution in [1.82, 2.24) is 10.2 Å². The van der Waals surface area contributed by atoms with Crippen molar-refractivity contribution in [2.75, 3.05) is 26.2 Å². The van der Waals surface area contributed by atoms with Gasteiger partial charge < -0.3 is 10.2 Å². The topological polar surface area (TPSA) is 15.3 Å². The molecule has 0 spiro atoms. The minimum Gasteiger partial charge on any atom is -0.316 e. The number of nitrogens with one attached hydrogen (secondary N) is 1. The van der Waals surface area contributed by atoms with Crippen molar-refractivity contribution < 1.29 is 0 Å².